The maximum absolute atomic E-state index is 12.1. The van der Waals surface area contributed by atoms with E-state index < -0.39 is 11.4 Å². The number of hydrogen-bond donors (Lipinski definition) is 1. The standard InChI is InChI=1S/C22H30O2/c1-4-5-11-19-16(2)12-22(18-9-7-6-8-10-18)14-17(19)13-21(3,15-22)20(23)24/h6-11,16-17H,4-5,12-15H2,1-3H3,(H,23,24)/b19-11+. The molecule has 0 aromatic heterocycles. The van der Waals surface area contributed by atoms with Crippen LogP contribution in [0, 0.1) is 17.3 Å². The van der Waals surface area contributed by atoms with E-state index in [2.05, 4.69) is 50.3 Å². The number of carboxylic acids is 1. The molecule has 2 aliphatic rings. The van der Waals surface area contributed by atoms with Crippen LogP contribution in [0.15, 0.2) is 42.0 Å². The van der Waals surface area contributed by atoms with Gasteiger partial charge in [0, 0.05) is 0 Å². The Labute approximate surface area is 146 Å². The lowest BCUT2D eigenvalue weighted by atomic mass is 9.49. The molecule has 1 N–H and O–H groups in total. The third-order valence-corrected chi connectivity index (χ3v) is 6.37. The van der Waals surface area contributed by atoms with Crippen molar-refractivity contribution in [2.45, 2.75) is 64.7 Å². The molecule has 0 amide bonds. The average molecular weight is 326 g/mol. The molecule has 4 atom stereocenters. The van der Waals surface area contributed by atoms with Gasteiger partial charge >= 0.3 is 5.97 Å². The lowest BCUT2D eigenvalue weighted by Gasteiger charge is -2.54. The molecule has 2 aliphatic carbocycles. The van der Waals surface area contributed by atoms with E-state index in [1.165, 1.54) is 11.1 Å². The van der Waals surface area contributed by atoms with E-state index in [9.17, 15) is 9.90 Å². The summed E-state index contributed by atoms with van der Waals surface area (Å²) in [5.74, 6) is 0.334. The summed E-state index contributed by atoms with van der Waals surface area (Å²) < 4.78 is 0. The Bertz CT molecular complexity index is 629. The molecule has 0 aliphatic heterocycles. The van der Waals surface area contributed by atoms with Crippen molar-refractivity contribution >= 4 is 5.97 Å². The van der Waals surface area contributed by atoms with Crippen LogP contribution >= 0.6 is 0 Å². The second-order valence-corrected chi connectivity index (χ2v) is 8.39. The van der Waals surface area contributed by atoms with Gasteiger partial charge in [-0.25, -0.2) is 0 Å². The van der Waals surface area contributed by atoms with E-state index in [0.29, 0.717) is 11.8 Å². The number of benzene rings is 1. The predicted octanol–water partition coefficient (Wildman–Crippen LogP) is 5.58. The molecule has 2 saturated carbocycles. The number of carbonyl (C=O) groups is 1. The van der Waals surface area contributed by atoms with Gasteiger partial charge in [0.05, 0.1) is 5.41 Å². The van der Waals surface area contributed by atoms with Crippen molar-refractivity contribution in [1.82, 2.24) is 0 Å². The molecule has 4 unspecified atom stereocenters. The molecule has 2 bridgehead atoms. The minimum absolute atomic E-state index is 0.0142. The monoisotopic (exact) mass is 326 g/mol. The minimum atomic E-state index is -0.628. The van der Waals surface area contributed by atoms with Gasteiger partial charge in [0.1, 0.15) is 0 Å². The van der Waals surface area contributed by atoms with Gasteiger partial charge in [-0.15, -0.1) is 0 Å². The van der Waals surface area contributed by atoms with Gasteiger partial charge in [-0.1, -0.05) is 62.2 Å². The third-order valence-electron chi connectivity index (χ3n) is 6.37. The predicted molar refractivity (Wildman–Crippen MR) is 98.0 cm³/mol. The second-order valence-electron chi connectivity index (χ2n) is 8.39. The van der Waals surface area contributed by atoms with Crippen molar-refractivity contribution in [2.24, 2.45) is 17.3 Å². The summed E-state index contributed by atoms with van der Waals surface area (Å²) in [4.78, 5) is 12.1. The third kappa shape index (κ3) is 2.92. The van der Waals surface area contributed by atoms with E-state index in [1.807, 2.05) is 6.92 Å². The van der Waals surface area contributed by atoms with E-state index in [0.717, 1.165) is 38.5 Å². The van der Waals surface area contributed by atoms with E-state index in [4.69, 9.17) is 0 Å². The van der Waals surface area contributed by atoms with E-state index in [1.54, 1.807) is 0 Å². The van der Waals surface area contributed by atoms with Crippen LogP contribution in [0.5, 0.6) is 0 Å². The number of rotatable bonds is 4. The fourth-order valence-corrected chi connectivity index (χ4v) is 5.45. The van der Waals surface area contributed by atoms with Crippen LogP contribution in [-0.4, -0.2) is 11.1 Å². The first kappa shape index (κ1) is 17.3. The second kappa shape index (κ2) is 6.38. The van der Waals surface area contributed by atoms with Gasteiger partial charge in [-0.2, -0.15) is 0 Å². The van der Waals surface area contributed by atoms with Crippen molar-refractivity contribution in [3.63, 3.8) is 0 Å². The van der Waals surface area contributed by atoms with Crippen molar-refractivity contribution in [1.29, 1.82) is 0 Å². The summed E-state index contributed by atoms with van der Waals surface area (Å²) >= 11 is 0. The Hall–Kier alpha value is -1.57. The Morgan fingerprint density at radius 3 is 2.58 bits per heavy atom. The van der Waals surface area contributed by atoms with Gasteiger partial charge in [0.15, 0.2) is 0 Å². The molecule has 0 radical (unpaired) electrons. The van der Waals surface area contributed by atoms with Crippen molar-refractivity contribution in [3.8, 4) is 0 Å². The number of fused-ring (bicyclic) bond motifs is 2. The number of hydrogen-bond acceptors (Lipinski definition) is 1. The summed E-state index contributed by atoms with van der Waals surface area (Å²) in [6.45, 7) is 6.52. The number of carboxylic acid groups (broad SMARTS) is 1. The highest BCUT2D eigenvalue weighted by Gasteiger charge is 2.54. The molecule has 2 heteroatoms. The topological polar surface area (TPSA) is 37.3 Å². The van der Waals surface area contributed by atoms with Crippen LogP contribution in [0.25, 0.3) is 0 Å². The highest BCUT2D eigenvalue weighted by Crippen LogP contribution is 2.59. The van der Waals surface area contributed by atoms with Crippen molar-refractivity contribution < 1.29 is 9.90 Å². The van der Waals surface area contributed by atoms with Crippen LogP contribution in [0.4, 0.5) is 0 Å². The summed E-state index contributed by atoms with van der Waals surface area (Å²) in [5, 5.41) is 9.92. The quantitative estimate of drug-likeness (QED) is 0.733. The Kier molecular flexibility index (Phi) is 4.59. The maximum atomic E-state index is 12.1. The molecule has 2 nitrogen and oxygen atoms in total. The van der Waals surface area contributed by atoms with E-state index >= 15 is 0 Å². The zero-order valence-corrected chi connectivity index (χ0v) is 15.2. The van der Waals surface area contributed by atoms with Gasteiger partial charge < -0.3 is 5.11 Å². The molecule has 24 heavy (non-hydrogen) atoms. The molecular weight excluding hydrogens is 296 g/mol. The van der Waals surface area contributed by atoms with Crippen molar-refractivity contribution in [3.05, 3.63) is 47.5 Å². The summed E-state index contributed by atoms with van der Waals surface area (Å²) in [6, 6.07) is 10.7. The largest absolute Gasteiger partial charge is 0.481 e. The minimum Gasteiger partial charge on any atom is -0.481 e. The number of allylic oxidation sites excluding steroid dienone is 2. The van der Waals surface area contributed by atoms with Crippen LogP contribution in [0.2, 0.25) is 0 Å². The molecule has 1 aromatic rings. The number of unbranched alkanes of at least 4 members (excludes halogenated alkanes) is 1. The molecular formula is C22H30O2. The van der Waals surface area contributed by atoms with Gasteiger partial charge in [0.2, 0.25) is 0 Å². The SMILES string of the molecule is CCC/C=C1\C(C)CC2(c3ccccc3)CC1CC(C)(C(=O)O)C2. The molecule has 130 valence electrons. The van der Waals surface area contributed by atoms with Gasteiger partial charge in [-0.3, -0.25) is 4.79 Å². The Balaban J connectivity index is 2.05. The highest BCUT2D eigenvalue weighted by atomic mass is 16.4. The summed E-state index contributed by atoms with van der Waals surface area (Å²) in [5.41, 5.74) is 2.25. The first-order valence-electron chi connectivity index (χ1n) is 9.39. The zero-order chi connectivity index (χ0) is 17.4. The maximum Gasteiger partial charge on any atom is 0.309 e. The smallest absolute Gasteiger partial charge is 0.309 e. The van der Waals surface area contributed by atoms with Gasteiger partial charge in [0.25, 0.3) is 0 Å². The Morgan fingerprint density at radius 2 is 1.96 bits per heavy atom. The van der Waals surface area contributed by atoms with Crippen molar-refractivity contribution in [2.75, 3.05) is 0 Å². The van der Waals surface area contributed by atoms with Crippen LogP contribution in [0.1, 0.15) is 64.9 Å². The number of aliphatic carboxylic acids is 1. The highest BCUT2D eigenvalue weighted by molar-refractivity contribution is 5.75. The molecule has 0 saturated heterocycles. The lowest BCUT2D eigenvalue weighted by Crippen LogP contribution is -2.50. The molecule has 0 spiro atoms. The molecule has 2 fully saturated rings. The van der Waals surface area contributed by atoms with Crippen LogP contribution in [-0.2, 0) is 10.2 Å². The summed E-state index contributed by atoms with van der Waals surface area (Å²) in [6.07, 6.45) is 8.42. The van der Waals surface area contributed by atoms with Crippen LogP contribution in [0.3, 0.4) is 0 Å². The molecule has 1 aromatic carbocycles. The molecule has 3 rings (SSSR count). The lowest BCUT2D eigenvalue weighted by molar-refractivity contribution is -0.153. The summed E-state index contributed by atoms with van der Waals surface area (Å²) in [7, 11) is 0. The van der Waals surface area contributed by atoms with Crippen LogP contribution < -0.4 is 0 Å². The first-order chi connectivity index (χ1) is 11.4. The molecule has 0 heterocycles. The Morgan fingerprint density at radius 1 is 1.25 bits per heavy atom. The fraction of sp³-hybridized carbons (Fsp3) is 0.591. The van der Waals surface area contributed by atoms with E-state index in [-0.39, 0.29) is 5.41 Å². The van der Waals surface area contributed by atoms with Gasteiger partial charge in [-0.05, 0) is 61.8 Å². The average Bonchev–Trinajstić information content (AvgIpc) is 2.54. The zero-order valence-electron chi connectivity index (χ0n) is 15.2. The first-order valence-corrected chi connectivity index (χ1v) is 9.39. The fourth-order valence-electron chi connectivity index (χ4n) is 5.45. The normalized spacial score (nSPS) is 37.4.